The maximum Gasteiger partial charge on any atom is 0.0629 e. The summed E-state index contributed by atoms with van der Waals surface area (Å²) in [5, 5.41) is 10.3. The van der Waals surface area contributed by atoms with Gasteiger partial charge in [-0.2, -0.15) is 0 Å². The highest BCUT2D eigenvalue weighted by atomic mass is 16.3. The Morgan fingerprint density at radius 3 is 1.54 bits per heavy atom. The predicted molar refractivity (Wildman–Crippen MR) is 106 cm³/mol. The third-order valence-electron chi connectivity index (χ3n) is 5.52. The Morgan fingerprint density at radius 1 is 0.692 bits per heavy atom. The van der Waals surface area contributed by atoms with Crippen LogP contribution in [0.2, 0.25) is 0 Å². The van der Waals surface area contributed by atoms with Gasteiger partial charge in [0.05, 0.1) is 12.6 Å². The summed E-state index contributed by atoms with van der Waals surface area (Å²) >= 11 is 0. The van der Waals surface area contributed by atoms with E-state index in [1.165, 1.54) is 16.7 Å². The maximum atomic E-state index is 10.3. The lowest BCUT2D eigenvalue weighted by Gasteiger charge is -2.37. The summed E-state index contributed by atoms with van der Waals surface area (Å²) in [6, 6.07) is 32.5. The zero-order valence-corrected chi connectivity index (χ0v) is 14.9. The van der Waals surface area contributed by atoms with Crippen molar-refractivity contribution in [1.82, 2.24) is 4.90 Å². The topological polar surface area (TPSA) is 23.5 Å². The molecule has 1 fully saturated rings. The largest absolute Gasteiger partial charge is 0.394 e. The van der Waals surface area contributed by atoms with Gasteiger partial charge in [0.2, 0.25) is 0 Å². The lowest BCUT2D eigenvalue weighted by atomic mass is 9.99. The van der Waals surface area contributed by atoms with Crippen molar-refractivity contribution < 1.29 is 5.11 Å². The molecule has 0 bridgehead atoms. The standard InChI is InChI=1S/C24H25NO/c26-18-24(21-14-8-3-9-15-21)25-22(19-10-4-1-5-11-19)16-17-23(25)20-12-6-2-7-13-20/h1-15,22-24,26H,16-18H2/t22-,23+,24-/m1/s1. The van der Waals surface area contributed by atoms with Gasteiger partial charge in [0.1, 0.15) is 0 Å². The highest BCUT2D eigenvalue weighted by molar-refractivity contribution is 5.28. The summed E-state index contributed by atoms with van der Waals surface area (Å²) in [7, 11) is 0. The van der Waals surface area contributed by atoms with Crippen LogP contribution >= 0.6 is 0 Å². The van der Waals surface area contributed by atoms with E-state index in [0.29, 0.717) is 12.1 Å². The van der Waals surface area contributed by atoms with Crippen molar-refractivity contribution in [3.63, 3.8) is 0 Å². The Hall–Kier alpha value is -2.42. The van der Waals surface area contributed by atoms with Gasteiger partial charge in [-0.25, -0.2) is 0 Å². The molecule has 0 saturated carbocycles. The van der Waals surface area contributed by atoms with Crippen LogP contribution in [0.15, 0.2) is 91.0 Å². The van der Waals surface area contributed by atoms with Crippen LogP contribution in [0.3, 0.4) is 0 Å². The van der Waals surface area contributed by atoms with Gasteiger partial charge in [-0.05, 0) is 29.5 Å². The molecule has 3 aromatic carbocycles. The smallest absolute Gasteiger partial charge is 0.0629 e. The van der Waals surface area contributed by atoms with E-state index in [4.69, 9.17) is 0 Å². The van der Waals surface area contributed by atoms with Gasteiger partial charge >= 0.3 is 0 Å². The summed E-state index contributed by atoms with van der Waals surface area (Å²) in [6.45, 7) is 0.122. The Balaban J connectivity index is 1.76. The number of hydrogen-bond acceptors (Lipinski definition) is 2. The third kappa shape index (κ3) is 3.31. The molecule has 0 unspecified atom stereocenters. The number of hydrogen-bond donors (Lipinski definition) is 1. The molecule has 2 heteroatoms. The summed E-state index contributed by atoms with van der Waals surface area (Å²) in [5.74, 6) is 0. The fraction of sp³-hybridized carbons (Fsp3) is 0.250. The summed E-state index contributed by atoms with van der Waals surface area (Å²) < 4.78 is 0. The second-order valence-electron chi connectivity index (χ2n) is 6.99. The zero-order valence-electron chi connectivity index (χ0n) is 14.9. The number of aliphatic hydroxyl groups excluding tert-OH is 1. The van der Waals surface area contributed by atoms with Crippen molar-refractivity contribution in [2.24, 2.45) is 0 Å². The summed E-state index contributed by atoms with van der Waals surface area (Å²) in [4.78, 5) is 2.53. The molecule has 0 radical (unpaired) electrons. The molecular weight excluding hydrogens is 318 g/mol. The van der Waals surface area contributed by atoms with Gasteiger partial charge in [0.15, 0.2) is 0 Å². The van der Waals surface area contributed by atoms with E-state index < -0.39 is 0 Å². The third-order valence-corrected chi connectivity index (χ3v) is 5.52. The summed E-state index contributed by atoms with van der Waals surface area (Å²) in [5.41, 5.74) is 3.85. The van der Waals surface area contributed by atoms with E-state index in [-0.39, 0.29) is 12.6 Å². The molecule has 2 nitrogen and oxygen atoms in total. The molecular formula is C24H25NO. The number of nitrogens with zero attached hydrogens (tertiary/aromatic N) is 1. The van der Waals surface area contributed by atoms with Crippen molar-refractivity contribution >= 4 is 0 Å². The molecule has 132 valence electrons. The SMILES string of the molecule is OC[C@H](c1ccccc1)N1[C@@H](c2ccccc2)CC[C@H]1c1ccccc1. The van der Waals surface area contributed by atoms with E-state index in [0.717, 1.165) is 12.8 Å². The van der Waals surface area contributed by atoms with Crippen LogP contribution in [-0.4, -0.2) is 16.6 Å². The van der Waals surface area contributed by atoms with E-state index in [1.54, 1.807) is 0 Å². The predicted octanol–water partition coefficient (Wildman–Crippen LogP) is 5.30. The van der Waals surface area contributed by atoms with Gasteiger partial charge in [0.25, 0.3) is 0 Å². The van der Waals surface area contributed by atoms with E-state index in [9.17, 15) is 5.11 Å². The Bertz CT molecular complexity index is 756. The average molecular weight is 343 g/mol. The number of benzene rings is 3. The first kappa shape index (κ1) is 17.0. The van der Waals surface area contributed by atoms with Crippen LogP contribution in [0.25, 0.3) is 0 Å². The van der Waals surface area contributed by atoms with Gasteiger partial charge in [0, 0.05) is 12.1 Å². The molecule has 1 N–H and O–H groups in total. The minimum absolute atomic E-state index is 0.00545. The zero-order chi connectivity index (χ0) is 17.8. The lowest BCUT2D eigenvalue weighted by molar-refractivity contribution is 0.0764. The Kier molecular flexibility index (Phi) is 5.14. The molecule has 0 aromatic heterocycles. The average Bonchev–Trinajstić information content (AvgIpc) is 3.16. The molecule has 0 amide bonds. The van der Waals surface area contributed by atoms with Crippen molar-refractivity contribution in [3.8, 4) is 0 Å². The fourth-order valence-corrected chi connectivity index (χ4v) is 4.34. The van der Waals surface area contributed by atoms with Crippen LogP contribution < -0.4 is 0 Å². The molecule has 4 rings (SSSR count). The van der Waals surface area contributed by atoms with Gasteiger partial charge in [-0.15, -0.1) is 0 Å². The highest BCUT2D eigenvalue weighted by Crippen LogP contribution is 2.48. The van der Waals surface area contributed by atoms with Crippen LogP contribution in [0.4, 0.5) is 0 Å². The number of aliphatic hydroxyl groups is 1. The second kappa shape index (κ2) is 7.86. The van der Waals surface area contributed by atoms with Gasteiger partial charge in [-0.1, -0.05) is 91.0 Å². The summed E-state index contributed by atoms with van der Waals surface area (Å²) in [6.07, 6.45) is 2.21. The minimum atomic E-state index is -0.00545. The quantitative estimate of drug-likeness (QED) is 0.679. The minimum Gasteiger partial charge on any atom is -0.394 e. The maximum absolute atomic E-state index is 10.3. The molecule has 3 atom stereocenters. The lowest BCUT2D eigenvalue weighted by Crippen LogP contribution is -2.33. The molecule has 1 aliphatic rings. The normalized spacial score (nSPS) is 21.6. The van der Waals surface area contributed by atoms with Crippen molar-refractivity contribution in [2.75, 3.05) is 6.61 Å². The number of rotatable bonds is 5. The Labute approximate surface area is 155 Å². The monoisotopic (exact) mass is 343 g/mol. The first-order valence-corrected chi connectivity index (χ1v) is 9.41. The van der Waals surface area contributed by atoms with E-state index in [2.05, 4.69) is 89.8 Å². The highest BCUT2D eigenvalue weighted by Gasteiger charge is 2.39. The van der Waals surface area contributed by atoms with Crippen molar-refractivity contribution in [2.45, 2.75) is 31.0 Å². The fourth-order valence-electron chi connectivity index (χ4n) is 4.34. The van der Waals surface area contributed by atoms with Crippen molar-refractivity contribution in [3.05, 3.63) is 108 Å². The Morgan fingerprint density at radius 2 is 1.12 bits per heavy atom. The molecule has 0 aliphatic carbocycles. The first-order chi connectivity index (χ1) is 12.9. The van der Waals surface area contributed by atoms with Gasteiger partial charge < -0.3 is 5.11 Å². The number of likely N-dealkylation sites (tertiary alicyclic amines) is 1. The first-order valence-electron chi connectivity index (χ1n) is 9.41. The van der Waals surface area contributed by atoms with Crippen molar-refractivity contribution in [1.29, 1.82) is 0 Å². The van der Waals surface area contributed by atoms with Crippen LogP contribution in [0, 0.1) is 0 Å². The molecule has 3 aromatic rings. The van der Waals surface area contributed by atoms with E-state index >= 15 is 0 Å². The molecule has 1 heterocycles. The molecule has 0 spiro atoms. The molecule has 26 heavy (non-hydrogen) atoms. The van der Waals surface area contributed by atoms with Crippen LogP contribution in [0.5, 0.6) is 0 Å². The molecule has 1 aliphatic heterocycles. The second-order valence-corrected chi connectivity index (χ2v) is 6.99. The van der Waals surface area contributed by atoms with Crippen LogP contribution in [0.1, 0.15) is 47.7 Å². The van der Waals surface area contributed by atoms with Gasteiger partial charge in [-0.3, -0.25) is 4.90 Å². The molecule has 1 saturated heterocycles. The van der Waals surface area contributed by atoms with E-state index in [1.807, 2.05) is 6.07 Å². The van der Waals surface area contributed by atoms with Crippen LogP contribution in [-0.2, 0) is 0 Å².